The Morgan fingerprint density at radius 2 is 2.13 bits per heavy atom. The molecule has 0 bridgehead atoms. The third kappa shape index (κ3) is 3.41. The lowest BCUT2D eigenvalue weighted by Crippen LogP contribution is -2.41. The van der Waals surface area contributed by atoms with Crippen LogP contribution in [0, 0.1) is 5.92 Å². The standard InChI is InChI=1S/C14H21N3O5S/c1-23(20,21)17-7-11(14(18)19)13-12(8-17)15-9-16(13)6-10-2-4-22-5-3-10/h9-11H,2-8H2,1H3,(H,18,19). The summed E-state index contributed by atoms with van der Waals surface area (Å²) in [6.07, 6.45) is 4.62. The monoisotopic (exact) mass is 343 g/mol. The summed E-state index contributed by atoms with van der Waals surface area (Å²) < 4.78 is 32.0. The fourth-order valence-corrected chi connectivity index (χ4v) is 4.06. The summed E-state index contributed by atoms with van der Waals surface area (Å²) in [5.74, 6) is -1.46. The number of carbonyl (C=O) groups is 1. The minimum absolute atomic E-state index is 0.0410. The Labute approximate surface area is 135 Å². The van der Waals surface area contributed by atoms with E-state index in [0.29, 0.717) is 23.9 Å². The van der Waals surface area contributed by atoms with Gasteiger partial charge in [-0.15, -0.1) is 0 Å². The molecule has 0 amide bonds. The van der Waals surface area contributed by atoms with Crippen molar-refractivity contribution >= 4 is 16.0 Å². The number of aromatic nitrogens is 2. The van der Waals surface area contributed by atoms with Gasteiger partial charge in [-0.25, -0.2) is 13.4 Å². The Bertz CT molecular complexity index is 693. The molecule has 0 aliphatic carbocycles. The molecule has 9 heteroatoms. The molecule has 1 fully saturated rings. The summed E-state index contributed by atoms with van der Waals surface area (Å²) in [5.41, 5.74) is 1.19. The first kappa shape index (κ1) is 16.4. The van der Waals surface area contributed by atoms with Crippen LogP contribution >= 0.6 is 0 Å². The van der Waals surface area contributed by atoms with Gasteiger partial charge in [-0.2, -0.15) is 4.31 Å². The average Bonchev–Trinajstić information content (AvgIpc) is 2.89. The maximum atomic E-state index is 11.8. The van der Waals surface area contributed by atoms with Crippen LogP contribution in [-0.4, -0.2) is 59.4 Å². The summed E-state index contributed by atoms with van der Waals surface area (Å²) in [5, 5.41) is 9.53. The van der Waals surface area contributed by atoms with Crippen molar-refractivity contribution in [1.82, 2.24) is 13.9 Å². The first-order valence-corrected chi connectivity index (χ1v) is 9.50. The molecule has 0 radical (unpaired) electrons. The van der Waals surface area contributed by atoms with E-state index in [1.165, 1.54) is 4.31 Å². The number of carboxylic acid groups (broad SMARTS) is 1. The number of sulfonamides is 1. The Hall–Kier alpha value is -1.45. The van der Waals surface area contributed by atoms with Gasteiger partial charge in [-0.1, -0.05) is 0 Å². The van der Waals surface area contributed by atoms with Crippen LogP contribution in [0.4, 0.5) is 0 Å². The van der Waals surface area contributed by atoms with Crippen LogP contribution in [0.2, 0.25) is 0 Å². The minimum Gasteiger partial charge on any atom is -0.481 e. The first-order chi connectivity index (χ1) is 10.9. The third-order valence-electron chi connectivity index (χ3n) is 4.56. The lowest BCUT2D eigenvalue weighted by molar-refractivity contribution is -0.139. The van der Waals surface area contributed by atoms with Gasteiger partial charge in [0.05, 0.1) is 30.5 Å². The minimum atomic E-state index is -3.45. The molecule has 2 aliphatic heterocycles. The van der Waals surface area contributed by atoms with Crippen molar-refractivity contribution in [2.75, 3.05) is 26.0 Å². The van der Waals surface area contributed by atoms with Crippen LogP contribution in [0.1, 0.15) is 30.1 Å². The maximum Gasteiger partial charge on any atom is 0.313 e. The molecule has 8 nitrogen and oxygen atoms in total. The Kier molecular flexibility index (Phi) is 4.43. The second-order valence-corrected chi connectivity index (χ2v) is 8.21. The normalized spacial score (nSPS) is 23.6. The lowest BCUT2D eigenvalue weighted by Gasteiger charge is -2.30. The van der Waals surface area contributed by atoms with E-state index in [1.54, 1.807) is 6.33 Å². The number of fused-ring (bicyclic) bond motifs is 1. The second kappa shape index (κ2) is 6.21. The fourth-order valence-electron chi connectivity index (χ4n) is 3.28. The number of carboxylic acids is 1. The molecule has 128 valence electrons. The average molecular weight is 343 g/mol. The van der Waals surface area contributed by atoms with Crippen molar-refractivity contribution in [1.29, 1.82) is 0 Å². The molecule has 0 aromatic carbocycles. The van der Waals surface area contributed by atoms with Crippen LogP contribution < -0.4 is 0 Å². The fraction of sp³-hybridized carbons (Fsp3) is 0.714. The molecule has 23 heavy (non-hydrogen) atoms. The van der Waals surface area contributed by atoms with Crippen LogP contribution in [0.5, 0.6) is 0 Å². The van der Waals surface area contributed by atoms with Gasteiger partial charge in [0, 0.05) is 26.3 Å². The highest BCUT2D eigenvalue weighted by Gasteiger charge is 2.37. The molecule has 1 atom stereocenters. The van der Waals surface area contributed by atoms with Crippen molar-refractivity contribution in [3.63, 3.8) is 0 Å². The van der Waals surface area contributed by atoms with Gasteiger partial charge in [0.2, 0.25) is 10.0 Å². The predicted molar refractivity (Wildman–Crippen MR) is 81.4 cm³/mol. The molecule has 0 spiro atoms. The third-order valence-corrected chi connectivity index (χ3v) is 5.78. The summed E-state index contributed by atoms with van der Waals surface area (Å²) in [6, 6.07) is 0. The molecule has 0 saturated carbocycles. The van der Waals surface area contributed by atoms with E-state index < -0.39 is 21.9 Å². The lowest BCUT2D eigenvalue weighted by atomic mass is 9.97. The van der Waals surface area contributed by atoms with Crippen molar-refractivity contribution in [2.45, 2.75) is 31.8 Å². The van der Waals surface area contributed by atoms with Crippen LogP contribution in [-0.2, 0) is 32.6 Å². The zero-order valence-electron chi connectivity index (χ0n) is 13.0. The maximum absolute atomic E-state index is 11.8. The SMILES string of the molecule is CS(=O)(=O)N1Cc2ncn(CC3CCOCC3)c2C(C(=O)O)C1. The topological polar surface area (TPSA) is 102 Å². The number of aliphatic carboxylic acids is 1. The van der Waals surface area contributed by atoms with Crippen LogP contribution in [0.3, 0.4) is 0 Å². The number of nitrogens with zero attached hydrogens (tertiary/aromatic N) is 3. The summed E-state index contributed by atoms with van der Waals surface area (Å²) in [6.45, 7) is 2.26. The molecule has 3 rings (SSSR count). The molecular formula is C14H21N3O5S. The summed E-state index contributed by atoms with van der Waals surface area (Å²) >= 11 is 0. The van der Waals surface area contributed by atoms with E-state index in [4.69, 9.17) is 4.74 Å². The molecule has 1 N–H and O–H groups in total. The highest BCUT2D eigenvalue weighted by atomic mass is 32.2. The van der Waals surface area contributed by atoms with E-state index in [-0.39, 0.29) is 13.1 Å². The molecule has 2 aliphatic rings. The van der Waals surface area contributed by atoms with Crippen LogP contribution in [0.25, 0.3) is 0 Å². The van der Waals surface area contributed by atoms with Gasteiger partial charge >= 0.3 is 5.97 Å². The molecule has 1 saturated heterocycles. The van der Waals surface area contributed by atoms with Crippen molar-refractivity contribution in [3.8, 4) is 0 Å². The zero-order chi connectivity index (χ0) is 16.6. The van der Waals surface area contributed by atoms with Crippen molar-refractivity contribution in [3.05, 3.63) is 17.7 Å². The van der Waals surface area contributed by atoms with Gasteiger partial charge in [0.15, 0.2) is 0 Å². The van der Waals surface area contributed by atoms with Crippen molar-refractivity contribution < 1.29 is 23.1 Å². The van der Waals surface area contributed by atoms with Gasteiger partial charge in [-0.05, 0) is 18.8 Å². The molecule has 3 heterocycles. The van der Waals surface area contributed by atoms with E-state index in [1.807, 2.05) is 4.57 Å². The number of ether oxygens (including phenoxy) is 1. The number of hydrogen-bond acceptors (Lipinski definition) is 5. The highest BCUT2D eigenvalue weighted by molar-refractivity contribution is 7.88. The summed E-state index contributed by atoms with van der Waals surface area (Å²) in [7, 11) is -3.45. The Morgan fingerprint density at radius 1 is 1.43 bits per heavy atom. The predicted octanol–water partition coefficient (Wildman–Crippen LogP) is 0.253. The Balaban J connectivity index is 1.89. The van der Waals surface area contributed by atoms with Crippen molar-refractivity contribution in [2.24, 2.45) is 5.92 Å². The van der Waals surface area contributed by atoms with Gasteiger partial charge < -0.3 is 14.4 Å². The molecule has 1 aromatic rings. The number of hydrogen-bond donors (Lipinski definition) is 1. The largest absolute Gasteiger partial charge is 0.481 e. The van der Waals surface area contributed by atoms with E-state index in [2.05, 4.69) is 4.98 Å². The van der Waals surface area contributed by atoms with E-state index >= 15 is 0 Å². The summed E-state index contributed by atoms with van der Waals surface area (Å²) in [4.78, 5) is 15.9. The Morgan fingerprint density at radius 3 is 2.74 bits per heavy atom. The van der Waals surface area contributed by atoms with E-state index in [0.717, 1.165) is 32.3 Å². The van der Waals surface area contributed by atoms with Gasteiger partial charge in [0.25, 0.3) is 0 Å². The highest BCUT2D eigenvalue weighted by Crippen LogP contribution is 2.30. The zero-order valence-corrected chi connectivity index (χ0v) is 13.8. The quantitative estimate of drug-likeness (QED) is 0.841. The van der Waals surface area contributed by atoms with Crippen LogP contribution in [0.15, 0.2) is 6.33 Å². The van der Waals surface area contributed by atoms with Gasteiger partial charge in [0.1, 0.15) is 5.92 Å². The first-order valence-electron chi connectivity index (χ1n) is 7.66. The molecule has 1 aromatic heterocycles. The van der Waals surface area contributed by atoms with Gasteiger partial charge in [-0.3, -0.25) is 4.79 Å². The number of imidazole rings is 1. The van der Waals surface area contributed by atoms with E-state index in [9.17, 15) is 18.3 Å². The number of rotatable bonds is 4. The molecular weight excluding hydrogens is 322 g/mol. The smallest absolute Gasteiger partial charge is 0.313 e. The molecule has 1 unspecified atom stereocenters. The second-order valence-electron chi connectivity index (χ2n) is 6.23.